The molecular weight excluding hydrogens is 1410 g/mol. The van der Waals surface area contributed by atoms with E-state index in [0.29, 0.717) is 6.42 Å². The van der Waals surface area contributed by atoms with Gasteiger partial charge in [0.15, 0.2) is 0 Å². The highest BCUT2D eigenvalue weighted by atomic mass is 31.1. The average molecular weight is 1480 g/mol. The maximum absolute atomic E-state index is 12.0. The fourth-order valence-corrected chi connectivity index (χ4v) is 10.2. The Morgan fingerprint density at radius 3 is 0.832 bits per heavy atom. The monoisotopic (exact) mass is 1480 g/mol. The average Bonchev–Trinajstić information content (AvgIpc) is 0.833. The predicted octanol–water partition coefficient (Wildman–Crippen LogP) is 19.5. The van der Waals surface area contributed by atoms with Crippen LogP contribution in [0.1, 0.15) is 25.3 Å². The van der Waals surface area contributed by atoms with Crippen LogP contribution in [0.25, 0.3) is 11.1 Å². The van der Waals surface area contributed by atoms with Crippen LogP contribution >= 0.6 is 27.1 Å². The number of methoxy groups -OCH3 is 3. The van der Waals surface area contributed by atoms with Gasteiger partial charge in [-0.3, -0.25) is 4.79 Å². The third-order valence-electron chi connectivity index (χ3n) is 12.9. The Bertz CT molecular complexity index is 3690. The lowest BCUT2D eigenvalue weighted by Gasteiger charge is -2.19. The number of para-hydroxylation sites is 2. The van der Waals surface area contributed by atoms with Crippen LogP contribution in [0.15, 0.2) is 231 Å². The van der Waals surface area contributed by atoms with Gasteiger partial charge in [-0.25, -0.2) is 79.0 Å². The summed E-state index contributed by atoms with van der Waals surface area (Å²) in [6.45, 7) is 2.84. The maximum Gasteiger partial charge on any atom is 0.220 e. The van der Waals surface area contributed by atoms with E-state index in [0.717, 1.165) is 36.6 Å². The predicted molar refractivity (Wildman–Crippen MR) is 367 cm³/mol. The number of amides is 1. The fraction of sp³-hybridized carbons (Fsp3) is 0.107. The molecule has 0 saturated carbocycles. The van der Waals surface area contributed by atoms with E-state index in [1.807, 2.05) is 115 Å². The van der Waals surface area contributed by atoms with Gasteiger partial charge < -0.3 is 19.5 Å². The van der Waals surface area contributed by atoms with Crippen LogP contribution in [-0.2, 0) is 11.2 Å². The molecule has 1 N–H and O–H groups in total. The molecule has 11 aromatic rings. The summed E-state index contributed by atoms with van der Waals surface area (Å²) in [5, 5.41) is 8.19. The van der Waals surface area contributed by atoms with Crippen molar-refractivity contribution in [2.24, 2.45) is 0 Å². The number of hydrogen-bond acceptors (Lipinski definition) is 4. The van der Waals surface area contributed by atoms with Crippen LogP contribution < -0.4 is 40.7 Å². The van der Waals surface area contributed by atoms with E-state index in [4.69, 9.17) is 14.2 Å². The normalized spacial score (nSPS) is 9.94. The van der Waals surface area contributed by atoms with Gasteiger partial charge in [0, 0.05) is 13.0 Å². The fourth-order valence-electron chi connectivity index (χ4n) is 7.74. The molecule has 0 saturated heterocycles. The van der Waals surface area contributed by atoms with Crippen molar-refractivity contribution < 1.29 is 98.0 Å². The van der Waals surface area contributed by atoms with Crippen LogP contribution in [-0.4, -0.2) is 33.8 Å². The van der Waals surface area contributed by atoms with Crippen molar-refractivity contribution in [1.29, 1.82) is 0 Å². The van der Waals surface area contributed by atoms with Gasteiger partial charge in [-0.2, -0.15) is 9.90 Å². The Balaban J connectivity index is 0.000000310. The van der Waals surface area contributed by atoms with Crippen LogP contribution in [0.4, 0.5) is 79.0 Å². The molecule has 0 aliphatic rings. The van der Waals surface area contributed by atoms with Gasteiger partial charge in [-0.15, -0.1) is 9.24 Å². The Morgan fingerprint density at radius 2 is 0.564 bits per heavy atom. The minimum atomic E-state index is -2.37. The molecule has 0 heterocycles. The lowest BCUT2D eigenvalue weighted by molar-refractivity contribution is -0.121. The largest absolute Gasteiger partial charge is 0.497 e. The maximum atomic E-state index is 12.0. The molecule has 0 aliphatic heterocycles. The first-order valence-electron chi connectivity index (χ1n) is 29.3. The standard InChI is InChI=1S/C24H19P.C12H17NO.C7H9OP.2C7H8O.3C6F6.H3P/c1-4-10-20(11-5-1)21-16-18-24(19-17-21)25(22-12-6-2-7-13-22)23-14-8-3-9-15-23;1-2-10-13-12(14)9-8-11-6-4-3-5-7-11;1-8-6-2-4-7(9)5-3-6;2*1-8-7-5-3-2-4-6-7;3*7-1-2(8)4(10)6(12)5(11)3(1)9;/h1-19H;3-7H,2,8-10H2,1H3,(H,13,14);2-5H,9H2,1H3;2*2-6H,1H3;;;;1H3. The highest BCUT2D eigenvalue weighted by Crippen LogP contribution is 2.34. The summed E-state index contributed by atoms with van der Waals surface area (Å²) < 4.78 is 231. The smallest absolute Gasteiger partial charge is 0.220 e. The number of carbonyl (C=O) groups excluding carboxylic acids is 1. The Morgan fingerprint density at radius 1 is 0.327 bits per heavy atom. The summed E-state index contributed by atoms with van der Waals surface area (Å²) in [5.41, 5.74) is 3.75. The molecule has 0 fully saturated rings. The summed E-state index contributed by atoms with van der Waals surface area (Å²) in [6, 6.07) is 78.5. The quantitative estimate of drug-likeness (QED) is 0.0573. The molecule has 0 radical (unpaired) electrons. The van der Waals surface area contributed by atoms with E-state index >= 15 is 0 Å². The number of ether oxygens (including phenoxy) is 3. The second-order valence-corrected chi connectivity index (χ2v) is 22.6. The highest BCUT2D eigenvalue weighted by Gasteiger charge is 2.28. The molecular formula is C75H64F18NO4P3. The van der Waals surface area contributed by atoms with E-state index in [9.17, 15) is 83.8 Å². The SMILES string of the molecule is CCCNC(=O)CCc1ccccc1.COc1ccc(P)cc1.COc1ccccc1.COc1ccccc1.Fc1c(F)c(F)c(F)c(F)c1F.Fc1c(F)c(F)c(F)c(F)c1F.Fc1c(F)c(F)c(F)c(F)c1F.P.c1ccc(-c2ccc(P(c3ccccc3)c3ccccc3)cc2)cc1. The Labute approximate surface area is 578 Å². The first kappa shape index (κ1) is 85.5. The number of rotatable bonds is 12. The Kier molecular flexibility index (Phi) is 38.2. The lowest BCUT2D eigenvalue weighted by atomic mass is 10.1. The van der Waals surface area contributed by atoms with Crippen molar-refractivity contribution in [2.75, 3.05) is 27.9 Å². The summed E-state index contributed by atoms with van der Waals surface area (Å²) in [7, 11) is 7.08. The molecule has 11 rings (SSSR count). The molecule has 1 amide bonds. The third kappa shape index (κ3) is 27.1. The van der Waals surface area contributed by atoms with E-state index < -0.39 is 113 Å². The molecule has 2 unspecified atom stereocenters. The number of nitrogens with one attached hydrogen (secondary N) is 1. The van der Waals surface area contributed by atoms with Gasteiger partial charge >= 0.3 is 0 Å². The van der Waals surface area contributed by atoms with Gasteiger partial charge in [0.2, 0.25) is 111 Å². The minimum absolute atomic E-state index is 0. The minimum Gasteiger partial charge on any atom is -0.497 e. The third-order valence-corrected chi connectivity index (χ3v) is 15.7. The molecule has 2 atom stereocenters. The number of hydrogen-bond donors (Lipinski definition) is 1. The second kappa shape index (κ2) is 45.2. The van der Waals surface area contributed by atoms with Gasteiger partial charge in [0.1, 0.15) is 17.2 Å². The van der Waals surface area contributed by atoms with Crippen molar-refractivity contribution in [2.45, 2.75) is 26.2 Å². The number of benzene rings is 11. The van der Waals surface area contributed by atoms with Crippen molar-refractivity contribution in [1.82, 2.24) is 5.32 Å². The summed E-state index contributed by atoms with van der Waals surface area (Å²) in [6.07, 6.45) is 2.41. The summed E-state index contributed by atoms with van der Waals surface area (Å²) >= 11 is 0. The van der Waals surface area contributed by atoms with Crippen molar-refractivity contribution >= 4 is 54.2 Å². The van der Waals surface area contributed by atoms with Crippen LogP contribution in [0.5, 0.6) is 17.2 Å². The first-order chi connectivity index (χ1) is 47.8. The molecule has 534 valence electrons. The van der Waals surface area contributed by atoms with E-state index in [1.54, 1.807) is 21.3 Å². The van der Waals surface area contributed by atoms with Crippen molar-refractivity contribution in [3.8, 4) is 28.4 Å². The molecule has 0 bridgehead atoms. The Hall–Kier alpha value is -9.68. The highest BCUT2D eigenvalue weighted by molar-refractivity contribution is 7.79. The summed E-state index contributed by atoms with van der Waals surface area (Å²) in [4.78, 5) is 11.3. The van der Waals surface area contributed by atoms with E-state index in [-0.39, 0.29) is 15.8 Å². The number of halogens is 18. The second-order valence-electron chi connectivity index (χ2n) is 19.7. The van der Waals surface area contributed by atoms with Crippen LogP contribution in [0.3, 0.4) is 0 Å². The lowest BCUT2D eigenvalue weighted by Crippen LogP contribution is -2.24. The van der Waals surface area contributed by atoms with E-state index in [1.165, 1.54) is 37.9 Å². The molecule has 101 heavy (non-hydrogen) atoms. The molecule has 26 heteroatoms. The first-order valence-corrected chi connectivity index (χ1v) is 31.2. The molecule has 0 spiro atoms. The zero-order valence-electron chi connectivity index (χ0n) is 53.9. The number of carbonyl (C=O) groups is 1. The summed E-state index contributed by atoms with van der Waals surface area (Å²) in [5.74, 6) is -39.8. The molecule has 5 nitrogen and oxygen atoms in total. The van der Waals surface area contributed by atoms with Gasteiger partial charge in [0.25, 0.3) is 0 Å². The molecule has 0 aromatic heterocycles. The number of aryl methyl sites for hydroxylation is 1. The van der Waals surface area contributed by atoms with Crippen LogP contribution in [0, 0.1) is 105 Å². The zero-order valence-corrected chi connectivity index (χ0v) is 57.4. The molecule has 11 aromatic carbocycles. The van der Waals surface area contributed by atoms with Crippen molar-refractivity contribution in [3.63, 3.8) is 0 Å². The van der Waals surface area contributed by atoms with E-state index in [2.05, 4.69) is 137 Å². The van der Waals surface area contributed by atoms with Crippen LogP contribution in [0.2, 0.25) is 0 Å². The zero-order chi connectivity index (χ0) is 73.8. The van der Waals surface area contributed by atoms with Crippen molar-refractivity contribution in [3.05, 3.63) is 341 Å². The topological polar surface area (TPSA) is 56.8 Å². The molecule has 0 aliphatic carbocycles. The van der Waals surface area contributed by atoms with Gasteiger partial charge in [0.05, 0.1) is 21.3 Å². The van der Waals surface area contributed by atoms with Gasteiger partial charge in [-0.05, 0) is 95.1 Å². The van der Waals surface area contributed by atoms with Gasteiger partial charge in [-0.1, -0.05) is 201 Å².